The third-order valence-corrected chi connectivity index (χ3v) is 5.39. The van der Waals surface area contributed by atoms with Gasteiger partial charge in [0.15, 0.2) is 0 Å². The van der Waals surface area contributed by atoms with Crippen LogP contribution in [0.2, 0.25) is 0 Å². The fourth-order valence-corrected chi connectivity index (χ4v) is 3.71. The summed E-state index contributed by atoms with van der Waals surface area (Å²) in [6.07, 6.45) is 2.32. The smallest absolute Gasteiger partial charge is 0.118 e. The van der Waals surface area contributed by atoms with Crippen molar-refractivity contribution in [3.8, 4) is 5.75 Å². The number of benzene rings is 3. The van der Waals surface area contributed by atoms with Crippen molar-refractivity contribution in [1.82, 2.24) is 4.90 Å². The van der Waals surface area contributed by atoms with E-state index in [9.17, 15) is 0 Å². The maximum Gasteiger partial charge on any atom is 0.118 e. The molecule has 1 unspecified atom stereocenters. The number of rotatable bonds is 9. The molecule has 150 valence electrons. The quantitative estimate of drug-likeness (QED) is 0.380. The van der Waals surface area contributed by atoms with Crippen LogP contribution in [0.5, 0.6) is 5.75 Å². The summed E-state index contributed by atoms with van der Waals surface area (Å²) in [4.78, 5) is 2.40. The Morgan fingerprint density at radius 3 is 1.93 bits per heavy atom. The molecule has 3 aromatic rings. The maximum absolute atomic E-state index is 6.14. The SMILES string of the molecule is COc1ccc(C(C)N(CC=C(c2ccccc2)c2ccccc2)CCCl)cc1. The number of halogens is 1. The van der Waals surface area contributed by atoms with Crippen molar-refractivity contribution in [2.45, 2.75) is 13.0 Å². The molecule has 0 N–H and O–H groups in total. The molecule has 0 aliphatic carbocycles. The summed E-state index contributed by atoms with van der Waals surface area (Å²) in [5, 5.41) is 0. The van der Waals surface area contributed by atoms with Gasteiger partial charge in [-0.15, -0.1) is 11.6 Å². The van der Waals surface area contributed by atoms with E-state index >= 15 is 0 Å². The first-order valence-corrected chi connectivity index (χ1v) is 10.5. The van der Waals surface area contributed by atoms with Crippen LogP contribution in [0.3, 0.4) is 0 Å². The van der Waals surface area contributed by atoms with Crippen LogP contribution in [0.4, 0.5) is 0 Å². The molecule has 0 fully saturated rings. The van der Waals surface area contributed by atoms with Crippen LogP contribution in [0.25, 0.3) is 5.57 Å². The monoisotopic (exact) mass is 405 g/mol. The van der Waals surface area contributed by atoms with Gasteiger partial charge in [-0.05, 0) is 41.3 Å². The first-order valence-electron chi connectivity index (χ1n) is 9.98. The lowest BCUT2D eigenvalue weighted by Gasteiger charge is -2.28. The molecule has 0 saturated carbocycles. The number of nitrogens with zero attached hydrogens (tertiary/aromatic N) is 1. The van der Waals surface area contributed by atoms with Crippen molar-refractivity contribution in [3.63, 3.8) is 0 Å². The Morgan fingerprint density at radius 1 is 0.897 bits per heavy atom. The first-order chi connectivity index (χ1) is 14.2. The minimum absolute atomic E-state index is 0.253. The molecule has 0 aliphatic rings. The van der Waals surface area contributed by atoms with E-state index in [1.807, 2.05) is 12.1 Å². The van der Waals surface area contributed by atoms with Crippen molar-refractivity contribution < 1.29 is 4.74 Å². The summed E-state index contributed by atoms with van der Waals surface area (Å²) in [6, 6.07) is 29.6. The van der Waals surface area contributed by atoms with E-state index in [1.54, 1.807) is 7.11 Å². The fourth-order valence-electron chi connectivity index (χ4n) is 3.49. The van der Waals surface area contributed by atoms with E-state index in [1.165, 1.54) is 22.3 Å². The molecule has 3 heteroatoms. The Bertz CT molecular complexity index is 850. The van der Waals surface area contributed by atoms with Crippen molar-refractivity contribution in [1.29, 1.82) is 0 Å². The lowest BCUT2D eigenvalue weighted by atomic mass is 9.97. The second-order valence-corrected chi connectivity index (χ2v) is 7.36. The Hall–Kier alpha value is -2.55. The van der Waals surface area contributed by atoms with Crippen molar-refractivity contribution in [3.05, 3.63) is 108 Å². The van der Waals surface area contributed by atoms with Crippen molar-refractivity contribution in [2.24, 2.45) is 0 Å². The molecule has 0 heterocycles. The van der Waals surface area contributed by atoms with Gasteiger partial charge in [0, 0.05) is 25.0 Å². The topological polar surface area (TPSA) is 12.5 Å². The largest absolute Gasteiger partial charge is 0.497 e. The lowest BCUT2D eigenvalue weighted by Crippen LogP contribution is -2.29. The highest BCUT2D eigenvalue weighted by Gasteiger charge is 2.15. The summed E-state index contributed by atoms with van der Waals surface area (Å²) in [6.45, 7) is 3.87. The van der Waals surface area contributed by atoms with Gasteiger partial charge in [-0.25, -0.2) is 0 Å². The van der Waals surface area contributed by atoms with Gasteiger partial charge in [0.1, 0.15) is 5.75 Å². The van der Waals surface area contributed by atoms with Crippen LogP contribution >= 0.6 is 11.6 Å². The summed E-state index contributed by atoms with van der Waals surface area (Å²) >= 11 is 6.14. The molecule has 0 spiro atoms. The normalized spacial score (nSPS) is 11.9. The summed E-state index contributed by atoms with van der Waals surface area (Å²) in [5.41, 5.74) is 4.95. The van der Waals surface area contributed by atoms with E-state index in [0.717, 1.165) is 18.8 Å². The van der Waals surface area contributed by atoms with Gasteiger partial charge in [-0.2, -0.15) is 0 Å². The van der Waals surface area contributed by atoms with Crippen molar-refractivity contribution >= 4 is 17.2 Å². The summed E-state index contributed by atoms with van der Waals surface area (Å²) in [5.74, 6) is 1.47. The van der Waals surface area contributed by atoms with Crippen LogP contribution in [0.15, 0.2) is 91.0 Å². The van der Waals surface area contributed by atoms with E-state index in [0.29, 0.717) is 5.88 Å². The van der Waals surface area contributed by atoms with Gasteiger partial charge in [-0.3, -0.25) is 4.90 Å². The fraction of sp³-hybridized carbons (Fsp3) is 0.231. The Morgan fingerprint density at radius 2 is 1.45 bits per heavy atom. The maximum atomic E-state index is 6.14. The minimum atomic E-state index is 0.253. The van der Waals surface area contributed by atoms with E-state index in [-0.39, 0.29) is 6.04 Å². The molecule has 3 aromatic carbocycles. The Labute approximate surface area is 179 Å². The second-order valence-electron chi connectivity index (χ2n) is 6.98. The number of alkyl halides is 1. The highest BCUT2D eigenvalue weighted by molar-refractivity contribution is 6.18. The molecule has 3 rings (SSSR count). The van der Waals surface area contributed by atoms with Gasteiger partial charge in [0.05, 0.1) is 7.11 Å². The third kappa shape index (κ3) is 5.72. The zero-order valence-electron chi connectivity index (χ0n) is 17.1. The first kappa shape index (κ1) is 21.2. The van der Waals surface area contributed by atoms with Gasteiger partial charge in [0.2, 0.25) is 0 Å². The number of methoxy groups -OCH3 is 1. The zero-order chi connectivity index (χ0) is 20.5. The van der Waals surface area contributed by atoms with Crippen LogP contribution in [-0.2, 0) is 0 Å². The third-order valence-electron chi connectivity index (χ3n) is 5.22. The van der Waals surface area contributed by atoms with Crippen LogP contribution in [-0.4, -0.2) is 31.0 Å². The molecule has 0 radical (unpaired) electrons. The molecule has 2 nitrogen and oxygen atoms in total. The van der Waals surface area contributed by atoms with Gasteiger partial charge in [-0.1, -0.05) is 78.9 Å². The number of hydrogen-bond acceptors (Lipinski definition) is 2. The minimum Gasteiger partial charge on any atom is -0.497 e. The highest BCUT2D eigenvalue weighted by atomic mass is 35.5. The second kappa shape index (κ2) is 10.8. The number of hydrogen-bond donors (Lipinski definition) is 0. The standard InChI is InChI=1S/C26H28ClNO/c1-21(22-13-15-25(29-2)16-14-22)28(20-18-27)19-17-26(23-9-5-3-6-10-23)24-11-7-4-8-12-24/h3-17,21H,18-20H2,1-2H3. The van der Waals surface area contributed by atoms with E-state index < -0.39 is 0 Å². The molecule has 0 aromatic heterocycles. The van der Waals surface area contributed by atoms with Gasteiger partial charge in [0.25, 0.3) is 0 Å². The predicted octanol–water partition coefficient (Wildman–Crippen LogP) is 6.43. The molecular weight excluding hydrogens is 378 g/mol. The molecule has 0 amide bonds. The van der Waals surface area contributed by atoms with E-state index in [2.05, 4.69) is 90.7 Å². The average molecular weight is 406 g/mol. The average Bonchev–Trinajstić information content (AvgIpc) is 2.79. The molecule has 0 bridgehead atoms. The van der Waals surface area contributed by atoms with Crippen LogP contribution in [0, 0.1) is 0 Å². The zero-order valence-corrected chi connectivity index (χ0v) is 17.8. The molecule has 1 atom stereocenters. The van der Waals surface area contributed by atoms with Crippen molar-refractivity contribution in [2.75, 3.05) is 26.1 Å². The van der Waals surface area contributed by atoms with Gasteiger partial charge >= 0.3 is 0 Å². The van der Waals surface area contributed by atoms with Crippen LogP contribution < -0.4 is 4.74 Å². The summed E-state index contributed by atoms with van der Waals surface area (Å²) in [7, 11) is 1.69. The predicted molar refractivity (Wildman–Crippen MR) is 124 cm³/mol. The Kier molecular flexibility index (Phi) is 7.92. The summed E-state index contributed by atoms with van der Waals surface area (Å²) < 4.78 is 5.29. The lowest BCUT2D eigenvalue weighted by molar-refractivity contribution is 0.248. The Balaban J connectivity index is 1.87. The molecule has 0 aliphatic heterocycles. The number of ether oxygens (including phenoxy) is 1. The van der Waals surface area contributed by atoms with E-state index in [4.69, 9.17) is 16.3 Å². The molecule has 29 heavy (non-hydrogen) atoms. The molecule has 0 saturated heterocycles. The van der Waals surface area contributed by atoms with Gasteiger partial charge < -0.3 is 4.74 Å². The molecular formula is C26H28ClNO. The van der Waals surface area contributed by atoms with Crippen LogP contribution in [0.1, 0.15) is 29.7 Å². The highest BCUT2D eigenvalue weighted by Crippen LogP contribution is 2.26.